The van der Waals surface area contributed by atoms with Gasteiger partial charge in [0.2, 0.25) is 5.91 Å². The number of rotatable bonds is 2. The van der Waals surface area contributed by atoms with Crippen molar-refractivity contribution in [2.45, 2.75) is 13.0 Å². The van der Waals surface area contributed by atoms with Crippen molar-refractivity contribution < 1.29 is 9.59 Å². The monoisotopic (exact) mass is 282 g/mol. The summed E-state index contributed by atoms with van der Waals surface area (Å²) in [6, 6.07) is -0.433. The minimum Gasteiger partial charge on any atom is -0.347 e. The van der Waals surface area contributed by atoms with E-state index in [9.17, 15) is 9.59 Å². The second kappa shape index (κ2) is 5.66. The van der Waals surface area contributed by atoms with E-state index in [1.165, 1.54) is 16.2 Å². The highest BCUT2D eigenvalue weighted by Crippen LogP contribution is 2.18. The van der Waals surface area contributed by atoms with E-state index in [1.807, 2.05) is 6.92 Å². The van der Waals surface area contributed by atoms with Crippen LogP contribution in [0.15, 0.2) is 5.51 Å². The van der Waals surface area contributed by atoms with Gasteiger partial charge in [-0.25, -0.2) is 4.98 Å². The molecule has 7 heteroatoms. The Morgan fingerprint density at radius 2 is 2.26 bits per heavy atom. The highest BCUT2D eigenvalue weighted by Gasteiger charge is 2.34. The molecule has 1 aromatic heterocycles. The molecule has 0 bridgehead atoms. The molecule has 1 saturated heterocycles. The maximum Gasteiger partial charge on any atom is 0.266 e. The van der Waals surface area contributed by atoms with Gasteiger partial charge in [0.25, 0.3) is 5.91 Å². The lowest BCUT2D eigenvalue weighted by Gasteiger charge is -2.36. The van der Waals surface area contributed by atoms with Crippen molar-refractivity contribution >= 4 is 23.2 Å². The Bertz CT molecular complexity index is 486. The maximum absolute atomic E-state index is 12.5. The number of carbonyl (C=O) groups excluding carboxylic acids is 2. The summed E-state index contributed by atoms with van der Waals surface area (Å²) in [5.41, 5.74) is 2.39. The van der Waals surface area contributed by atoms with Gasteiger partial charge in [0.1, 0.15) is 10.9 Å². The van der Waals surface area contributed by atoms with E-state index < -0.39 is 6.04 Å². The summed E-state index contributed by atoms with van der Waals surface area (Å²) in [5.74, 6) is -0.149. The largest absolute Gasteiger partial charge is 0.347 e. The summed E-state index contributed by atoms with van der Waals surface area (Å²) < 4.78 is 0. The van der Waals surface area contributed by atoms with Gasteiger partial charge in [0.15, 0.2) is 0 Å². The highest BCUT2D eigenvalue weighted by atomic mass is 32.1. The number of aromatic nitrogens is 1. The Morgan fingerprint density at radius 3 is 2.84 bits per heavy atom. The van der Waals surface area contributed by atoms with Crippen LogP contribution >= 0.6 is 11.3 Å². The fourth-order valence-electron chi connectivity index (χ4n) is 2.10. The summed E-state index contributed by atoms with van der Waals surface area (Å²) >= 11 is 1.33. The molecule has 0 saturated carbocycles. The number of hydrogen-bond donors (Lipinski definition) is 1. The van der Waals surface area contributed by atoms with Crippen LogP contribution in [0.5, 0.6) is 0 Å². The predicted octanol–water partition coefficient (Wildman–Crippen LogP) is -0.0463. The summed E-state index contributed by atoms with van der Waals surface area (Å²) in [4.78, 5) is 32.6. The van der Waals surface area contributed by atoms with Crippen molar-refractivity contribution in [2.24, 2.45) is 0 Å². The van der Waals surface area contributed by atoms with Crippen molar-refractivity contribution in [1.29, 1.82) is 0 Å². The van der Waals surface area contributed by atoms with E-state index in [-0.39, 0.29) is 11.8 Å². The minimum atomic E-state index is -0.433. The first-order chi connectivity index (χ1) is 9.02. The summed E-state index contributed by atoms with van der Waals surface area (Å²) in [5, 5.41) is 3.16. The number of amides is 2. The van der Waals surface area contributed by atoms with Crippen LogP contribution in [0.2, 0.25) is 0 Å². The molecule has 2 rings (SSSR count). The zero-order chi connectivity index (χ0) is 14.0. The highest BCUT2D eigenvalue weighted by molar-refractivity contribution is 7.11. The van der Waals surface area contributed by atoms with Gasteiger partial charge in [-0.15, -0.1) is 11.3 Å². The fourth-order valence-corrected chi connectivity index (χ4v) is 2.86. The van der Waals surface area contributed by atoms with Crippen molar-refractivity contribution in [2.75, 3.05) is 33.7 Å². The topological polar surface area (TPSA) is 65.5 Å². The zero-order valence-electron chi connectivity index (χ0n) is 11.3. The average molecular weight is 282 g/mol. The first kappa shape index (κ1) is 14.0. The molecule has 0 radical (unpaired) electrons. The number of aryl methyl sites for hydroxylation is 1. The van der Waals surface area contributed by atoms with E-state index in [2.05, 4.69) is 10.3 Å². The zero-order valence-corrected chi connectivity index (χ0v) is 12.2. The normalized spacial score (nSPS) is 19.3. The van der Waals surface area contributed by atoms with E-state index >= 15 is 0 Å². The molecule has 0 aliphatic carbocycles. The van der Waals surface area contributed by atoms with Crippen molar-refractivity contribution in [3.05, 3.63) is 16.1 Å². The molecule has 2 amide bonds. The second-order valence-electron chi connectivity index (χ2n) is 4.72. The molecule has 6 nitrogen and oxygen atoms in total. The van der Waals surface area contributed by atoms with Crippen molar-refractivity contribution in [1.82, 2.24) is 20.1 Å². The van der Waals surface area contributed by atoms with Crippen LogP contribution in [0.25, 0.3) is 0 Å². The molecule has 19 heavy (non-hydrogen) atoms. The van der Waals surface area contributed by atoms with Crippen molar-refractivity contribution in [3.8, 4) is 0 Å². The minimum absolute atomic E-state index is 0.0530. The average Bonchev–Trinajstić information content (AvgIpc) is 2.83. The lowest BCUT2D eigenvalue weighted by atomic mass is 10.1. The number of likely N-dealkylation sites (N-methyl/N-ethyl adjacent to an activating group) is 1. The van der Waals surface area contributed by atoms with Crippen LogP contribution in [-0.4, -0.2) is 66.4 Å². The van der Waals surface area contributed by atoms with E-state index in [4.69, 9.17) is 0 Å². The number of nitrogens with zero attached hydrogens (tertiary/aromatic N) is 3. The fraction of sp³-hybridized carbons (Fsp3) is 0.583. The van der Waals surface area contributed by atoms with Gasteiger partial charge in [-0.2, -0.15) is 0 Å². The molecular weight excluding hydrogens is 264 g/mol. The van der Waals surface area contributed by atoms with Crippen LogP contribution in [0.1, 0.15) is 15.4 Å². The van der Waals surface area contributed by atoms with Gasteiger partial charge in [0.05, 0.1) is 11.2 Å². The van der Waals surface area contributed by atoms with Crippen LogP contribution < -0.4 is 5.32 Å². The van der Waals surface area contributed by atoms with E-state index in [0.29, 0.717) is 24.5 Å². The van der Waals surface area contributed by atoms with E-state index in [0.717, 1.165) is 5.69 Å². The third-order valence-electron chi connectivity index (χ3n) is 3.17. The molecule has 1 unspecified atom stereocenters. The van der Waals surface area contributed by atoms with Gasteiger partial charge in [-0.05, 0) is 6.92 Å². The lowest BCUT2D eigenvalue weighted by Crippen LogP contribution is -2.59. The second-order valence-corrected chi connectivity index (χ2v) is 5.57. The molecule has 1 fully saturated rings. The molecule has 0 aromatic carbocycles. The van der Waals surface area contributed by atoms with Crippen LogP contribution in [-0.2, 0) is 4.79 Å². The van der Waals surface area contributed by atoms with Gasteiger partial charge in [0, 0.05) is 33.7 Å². The summed E-state index contributed by atoms with van der Waals surface area (Å²) in [6.07, 6.45) is 0. The van der Waals surface area contributed by atoms with Crippen LogP contribution in [0, 0.1) is 6.92 Å². The predicted molar refractivity (Wildman–Crippen MR) is 73.2 cm³/mol. The summed E-state index contributed by atoms with van der Waals surface area (Å²) in [7, 11) is 3.41. The summed E-state index contributed by atoms with van der Waals surface area (Å²) in [6.45, 7) is 3.57. The molecule has 1 aliphatic rings. The first-order valence-electron chi connectivity index (χ1n) is 6.15. The standard InChI is InChI=1S/C12H18N4O2S/c1-8-10(19-7-14-8)12(18)16-5-4-13-6-9(16)11(17)15(2)3/h7,9,13H,4-6H2,1-3H3. The molecule has 1 aromatic rings. The number of nitrogens with one attached hydrogen (secondary N) is 1. The Labute approximate surface area is 116 Å². The molecule has 104 valence electrons. The SMILES string of the molecule is Cc1ncsc1C(=O)N1CCNCC1C(=O)N(C)C. The third-order valence-corrected chi connectivity index (χ3v) is 4.09. The quantitative estimate of drug-likeness (QED) is 0.826. The smallest absolute Gasteiger partial charge is 0.266 e. The molecular formula is C12H18N4O2S. The van der Waals surface area contributed by atoms with Gasteiger partial charge in [-0.3, -0.25) is 9.59 Å². The number of carbonyl (C=O) groups is 2. The van der Waals surface area contributed by atoms with Gasteiger partial charge < -0.3 is 15.1 Å². The Kier molecular flexibility index (Phi) is 4.16. The Balaban J connectivity index is 2.23. The first-order valence-corrected chi connectivity index (χ1v) is 7.03. The van der Waals surface area contributed by atoms with Crippen molar-refractivity contribution in [3.63, 3.8) is 0 Å². The Hall–Kier alpha value is -1.47. The van der Waals surface area contributed by atoms with Gasteiger partial charge in [-0.1, -0.05) is 0 Å². The van der Waals surface area contributed by atoms with E-state index in [1.54, 1.807) is 24.5 Å². The van der Waals surface area contributed by atoms with Crippen LogP contribution in [0.3, 0.4) is 0 Å². The number of piperazine rings is 1. The molecule has 1 aliphatic heterocycles. The molecule has 1 atom stereocenters. The Morgan fingerprint density at radius 1 is 1.53 bits per heavy atom. The molecule has 0 spiro atoms. The van der Waals surface area contributed by atoms with Gasteiger partial charge >= 0.3 is 0 Å². The number of thiazole rings is 1. The lowest BCUT2D eigenvalue weighted by molar-refractivity contribution is -0.134. The molecule has 1 N–H and O–H groups in total. The van der Waals surface area contributed by atoms with Crippen LogP contribution in [0.4, 0.5) is 0 Å². The molecule has 2 heterocycles. The third kappa shape index (κ3) is 2.76. The number of hydrogen-bond acceptors (Lipinski definition) is 5. The maximum atomic E-state index is 12.5.